The third-order valence-electron chi connectivity index (χ3n) is 3.28. The van der Waals surface area contributed by atoms with Crippen LogP contribution in [-0.4, -0.2) is 36.6 Å². The van der Waals surface area contributed by atoms with Gasteiger partial charge < -0.3 is 5.32 Å². The Bertz CT molecular complexity index is 154. The highest BCUT2D eigenvalue weighted by Gasteiger charge is 2.44. The number of rotatable bonds is 1. The average molecular weight is 154 g/mol. The molecule has 2 fully saturated rings. The zero-order chi connectivity index (χ0) is 8.01. The Kier molecular flexibility index (Phi) is 1.69. The summed E-state index contributed by atoms with van der Waals surface area (Å²) in [4.78, 5) is 2.56. The smallest absolute Gasteiger partial charge is 0.0273 e. The van der Waals surface area contributed by atoms with E-state index in [1.165, 1.54) is 13.0 Å². The molecule has 2 saturated heterocycles. The quantitative estimate of drug-likeness (QED) is 0.597. The number of hydrogen-bond acceptors (Lipinski definition) is 2. The first-order chi connectivity index (χ1) is 5.20. The van der Waals surface area contributed by atoms with Crippen molar-refractivity contribution in [3.8, 4) is 0 Å². The van der Waals surface area contributed by atoms with Crippen molar-refractivity contribution >= 4 is 0 Å². The van der Waals surface area contributed by atoms with E-state index in [1.807, 2.05) is 0 Å². The van der Waals surface area contributed by atoms with E-state index in [0.717, 1.165) is 24.0 Å². The number of nitrogens with zero attached hydrogens (tertiary/aromatic N) is 1. The minimum absolute atomic E-state index is 0.782. The summed E-state index contributed by atoms with van der Waals surface area (Å²) in [7, 11) is 2.27. The van der Waals surface area contributed by atoms with Crippen LogP contribution in [0.1, 0.15) is 20.3 Å². The summed E-state index contributed by atoms with van der Waals surface area (Å²) >= 11 is 0. The van der Waals surface area contributed by atoms with Gasteiger partial charge in [0.1, 0.15) is 0 Å². The molecule has 0 aromatic rings. The third-order valence-corrected chi connectivity index (χ3v) is 3.28. The minimum atomic E-state index is 0.782. The maximum absolute atomic E-state index is 3.58. The number of nitrogens with one attached hydrogen (secondary N) is 1. The number of likely N-dealkylation sites (tertiary alicyclic amines) is 1. The Balaban J connectivity index is 2.11. The van der Waals surface area contributed by atoms with Crippen molar-refractivity contribution in [2.75, 3.05) is 13.6 Å². The normalized spacial score (nSPS) is 44.2. The second-order valence-corrected chi connectivity index (χ2v) is 4.30. The van der Waals surface area contributed by atoms with Crippen molar-refractivity contribution in [2.45, 2.75) is 38.4 Å². The molecule has 2 bridgehead atoms. The molecule has 2 heterocycles. The first-order valence-corrected chi connectivity index (χ1v) is 4.65. The molecule has 2 aliphatic rings. The van der Waals surface area contributed by atoms with Crippen LogP contribution in [0.25, 0.3) is 0 Å². The molecule has 0 saturated carbocycles. The van der Waals surface area contributed by atoms with Gasteiger partial charge in [-0.2, -0.15) is 0 Å². The first kappa shape index (κ1) is 7.56. The second kappa shape index (κ2) is 2.46. The van der Waals surface area contributed by atoms with Crippen LogP contribution in [0.4, 0.5) is 0 Å². The summed E-state index contributed by atoms with van der Waals surface area (Å²) in [6.07, 6.45) is 1.37. The van der Waals surface area contributed by atoms with E-state index >= 15 is 0 Å². The summed E-state index contributed by atoms with van der Waals surface area (Å²) in [5.41, 5.74) is 0. The Morgan fingerprint density at radius 1 is 1.45 bits per heavy atom. The van der Waals surface area contributed by atoms with Gasteiger partial charge >= 0.3 is 0 Å². The summed E-state index contributed by atoms with van der Waals surface area (Å²) < 4.78 is 0. The van der Waals surface area contributed by atoms with E-state index in [1.54, 1.807) is 0 Å². The van der Waals surface area contributed by atoms with Gasteiger partial charge in [-0.25, -0.2) is 0 Å². The molecule has 2 aliphatic heterocycles. The van der Waals surface area contributed by atoms with E-state index in [-0.39, 0.29) is 0 Å². The lowest BCUT2D eigenvalue weighted by Gasteiger charge is -2.35. The van der Waals surface area contributed by atoms with Crippen molar-refractivity contribution in [1.82, 2.24) is 10.2 Å². The van der Waals surface area contributed by atoms with Gasteiger partial charge in [-0.15, -0.1) is 0 Å². The van der Waals surface area contributed by atoms with E-state index in [4.69, 9.17) is 0 Å². The highest BCUT2D eigenvalue weighted by atomic mass is 15.3. The van der Waals surface area contributed by atoms with Crippen LogP contribution in [-0.2, 0) is 0 Å². The van der Waals surface area contributed by atoms with Gasteiger partial charge in [0.2, 0.25) is 0 Å². The summed E-state index contributed by atoms with van der Waals surface area (Å²) in [6.45, 7) is 5.86. The van der Waals surface area contributed by atoms with Crippen molar-refractivity contribution in [2.24, 2.45) is 5.92 Å². The summed E-state index contributed by atoms with van der Waals surface area (Å²) in [6, 6.07) is 2.39. The predicted molar refractivity (Wildman–Crippen MR) is 46.6 cm³/mol. The van der Waals surface area contributed by atoms with E-state index in [9.17, 15) is 0 Å². The predicted octanol–water partition coefficient (Wildman–Crippen LogP) is 0.687. The molecule has 0 aromatic heterocycles. The van der Waals surface area contributed by atoms with Crippen molar-refractivity contribution in [1.29, 1.82) is 0 Å². The van der Waals surface area contributed by atoms with Crippen LogP contribution in [0.15, 0.2) is 0 Å². The Morgan fingerprint density at radius 2 is 2.18 bits per heavy atom. The van der Waals surface area contributed by atoms with Gasteiger partial charge in [0.25, 0.3) is 0 Å². The molecule has 1 N–H and O–H groups in total. The first-order valence-electron chi connectivity index (χ1n) is 4.65. The van der Waals surface area contributed by atoms with Crippen LogP contribution in [0.3, 0.4) is 0 Å². The Hall–Kier alpha value is -0.0800. The van der Waals surface area contributed by atoms with E-state index in [0.29, 0.717) is 0 Å². The van der Waals surface area contributed by atoms with Gasteiger partial charge in [-0.1, -0.05) is 13.8 Å². The molecule has 2 rings (SSSR count). The van der Waals surface area contributed by atoms with Gasteiger partial charge in [-0.3, -0.25) is 4.90 Å². The molecular formula is C9H18N2. The standard InChI is InChI=1S/C9H18N2/c1-6(2)9-8-4-7(5-10-8)11(9)3/h6-10H,4-5H2,1-3H3/t7-,8-,9?/m1/s1. The van der Waals surface area contributed by atoms with Crippen LogP contribution in [0.5, 0.6) is 0 Å². The molecule has 0 aromatic carbocycles. The average Bonchev–Trinajstić information content (AvgIpc) is 2.44. The van der Waals surface area contributed by atoms with Gasteiger partial charge in [0, 0.05) is 24.7 Å². The fraction of sp³-hybridized carbons (Fsp3) is 1.00. The lowest BCUT2D eigenvalue weighted by Crippen LogP contribution is -2.51. The number of piperazine rings is 1. The molecule has 11 heavy (non-hydrogen) atoms. The number of hydrogen-bond donors (Lipinski definition) is 1. The van der Waals surface area contributed by atoms with E-state index < -0.39 is 0 Å². The largest absolute Gasteiger partial charge is 0.311 e. The third kappa shape index (κ3) is 1.00. The molecule has 0 amide bonds. The lowest BCUT2D eigenvalue weighted by molar-refractivity contribution is 0.152. The van der Waals surface area contributed by atoms with Crippen molar-refractivity contribution in [3.63, 3.8) is 0 Å². The molecule has 2 nitrogen and oxygen atoms in total. The molecular weight excluding hydrogens is 136 g/mol. The summed E-state index contributed by atoms with van der Waals surface area (Å²) in [5, 5.41) is 3.58. The Labute approximate surface area is 69.0 Å². The molecule has 3 atom stereocenters. The van der Waals surface area contributed by atoms with Crippen LogP contribution in [0.2, 0.25) is 0 Å². The molecule has 64 valence electrons. The Morgan fingerprint density at radius 3 is 2.55 bits per heavy atom. The van der Waals surface area contributed by atoms with Gasteiger partial charge in [0.05, 0.1) is 0 Å². The second-order valence-electron chi connectivity index (χ2n) is 4.30. The van der Waals surface area contributed by atoms with Gasteiger partial charge in [0.15, 0.2) is 0 Å². The summed E-state index contributed by atoms with van der Waals surface area (Å²) in [5.74, 6) is 0.794. The highest BCUT2D eigenvalue weighted by Crippen LogP contribution is 2.31. The maximum Gasteiger partial charge on any atom is 0.0273 e. The highest BCUT2D eigenvalue weighted by molar-refractivity contribution is 5.04. The van der Waals surface area contributed by atoms with E-state index in [2.05, 4.69) is 31.1 Å². The zero-order valence-corrected chi connectivity index (χ0v) is 7.67. The lowest BCUT2D eigenvalue weighted by atomic mass is 9.98. The number of fused-ring (bicyclic) bond motifs is 2. The minimum Gasteiger partial charge on any atom is -0.311 e. The molecule has 1 unspecified atom stereocenters. The van der Waals surface area contributed by atoms with Crippen molar-refractivity contribution in [3.05, 3.63) is 0 Å². The molecule has 0 spiro atoms. The monoisotopic (exact) mass is 154 g/mol. The molecule has 0 radical (unpaired) electrons. The zero-order valence-electron chi connectivity index (χ0n) is 7.67. The maximum atomic E-state index is 3.58. The number of likely N-dealkylation sites (N-methyl/N-ethyl adjacent to an activating group) is 1. The van der Waals surface area contributed by atoms with Crippen LogP contribution >= 0.6 is 0 Å². The van der Waals surface area contributed by atoms with Crippen LogP contribution in [0, 0.1) is 5.92 Å². The van der Waals surface area contributed by atoms with Gasteiger partial charge in [-0.05, 0) is 19.4 Å². The SMILES string of the molecule is CC(C)C1[C@H]2C[C@H](CN2)N1C. The van der Waals surface area contributed by atoms with Crippen LogP contribution < -0.4 is 5.32 Å². The fourth-order valence-electron chi connectivity index (χ4n) is 2.78. The molecule has 2 heteroatoms. The van der Waals surface area contributed by atoms with Crippen molar-refractivity contribution < 1.29 is 0 Å². The molecule has 0 aliphatic carbocycles. The topological polar surface area (TPSA) is 15.3 Å². The fourth-order valence-corrected chi connectivity index (χ4v) is 2.78.